The third-order valence-corrected chi connectivity index (χ3v) is 6.85. The van der Waals surface area contributed by atoms with E-state index in [2.05, 4.69) is 48.9 Å². The van der Waals surface area contributed by atoms with Gasteiger partial charge in [-0.1, -0.05) is 25.5 Å². The number of amides is 1. The van der Waals surface area contributed by atoms with E-state index in [1.807, 2.05) is 4.90 Å². The minimum Gasteiger partial charge on any atom is -0.356 e. The maximum absolute atomic E-state index is 13.7. The lowest BCUT2D eigenvalue weighted by Gasteiger charge is -2.36. The van der Waals surface area contributed by atoms with Crippen molar-refractivity contribution in [2.75, 3.05) is 26.2 Å². The first kappa shape index (κ1) is 25.7. The van der Waals surface area contributed by atoms with Crippen LogP contribution in [0, 0.1) is 17.0 Å². The van der Waals surface area contributed by atoms with Crippen LogP contribution >= 0.6 is 12.4 Å². The van der Waals surface area contributed by atoms with E-state index >= 15 is 0 Å². The number of carbonyl (C=O) groups is 1. The average Bonchev–Trinajstić information content (AvgIpc) is 3.20. The van der Waals surface area contributed by atoms with Crippen LogP contribution in [0.5, 0.6) is 0 Å². The van der Waals surface area contributed by atoms with Crippen LogP contribution in [0.15, 0.2) is 42.5 Å². The summed E-state index contributed by atoms with van der Waals surface area (Å²) in [4.78, 5) is 32.2. The summed E-state index contributed by atoms with van der Waals surface area (Å²) in [7, 11) is 0. The van der Waals surface area contributed by atoms with Crippen molar-refractivity contribution < 1.29 is 9.72 Å². The molecule has 3 aromatic rings. The second kappa shape index (κ2) is 11.0. The molecule has 34 heavy (non-hydrogen) atoms. The molecule has 0 bridgehead atoms. The molecule has 1 heterocycles. The molecule has 0 radical (unpaired) electrons. The molecule has 1 amide bonds. The van der Waals surface area contributed by atoms with Crippen LogP contribution in [0.1, 0.15) is 59.9 Å². The predicted octanol–water partition coefficient (Wildman–Crippen LogP) is 5.67. The van der Waals surface area contributed by atoms with Gasteiger partial charge in [0.1, 0.15) is 0 Å². The van der Waals surface area contributed by atoms with Crippen LogP contribution in [-0.2, 0) is 6.42 Å². The fourth-order valence-corrected chi connectivity index (χ4v) is 4.94. The van der Waals surface area contributed by atoms with Crippen molar-refractivity contribution in [2.24, 2.45) is 0 Å². The third-order valence-electron chi connectivity index (χ3n) is 6.85. The lowest BCUT2D eigenvalue weighted by atomic mass is 9.90. The lowest BCUT2D eigenvalue weighted by molar-refractivity contribution is -0.384. The highest BCUT2D eigenvalue weighted by Gasteiger charge is 2.32. The fourth-order valence-electron chi connectivity index (χ4n) is 4.94. The highest BCUT2D eigenvalue weighted by atomic mass is 35.5. The zero-order valence-corrected chi connectivity index (χ0v) is 20.9. The number of halogens is 1. The Balaban J connectivity index is 0.00000324. The van der Waals surface area contributed by atoms with Gasteiger partial charge in [0.05, 0.1) is 11.0 Å². The van der Waals surface area contributed by atoms with E-state index in [-0.39, 0.29) is 30.0 Å². The number of nitrogens with zero attached hydrogens (tertiary/aromatic N) is 3. The standard InChI is InChI=1S/C26H32N4O3.ClH/c1-4-28(5-2)15-16-29(26(31)19-10-12-20(13-11-19)30(32)33)24-8-6-7-21-22-17-18(3)9-14-23(22)27-25(21)24;/h9-14,17,24,27H,4-8,15-16H2,1-3H3;1H. The molecule has 2 aromatic carbocycles. The van der Waals surface area contributed by atoms with Crippen molar-refractivity contribution in [3.63, 3.8) is 0 Å². The number of hydrogen-bond donors (Lipinski definition) is 1. The summed E-state index contributed by atoms with van der Waals surface area (Å²) in [5.41, 5.74) is 5.27. The normalized spacial score (nSPS) is 15.1. The highest BCUT2D eigenvalue weighted by Crippen LogP contribution is 2.39. The van der Waals surface area contributed by atoms with Crippen molar-refractivity contribution in [2.45, 2.75) is 46.1 Å². The van der Waals surface area contributed by atoms with E-state index in [4.69, 9.17) is 0 Å². The molecule has 0 spiro atoms. The second-order valence-electron chi connectivity index (χ2n) is 8.80. The number of nitrogens with one attached hydrogen (secondary N) is 1. The number of nitro groups is 1. The molecular formula is C26H33ClN4O3. The molecule has 0 saturated heterocycles. The Labute approximate surface area is 206 Å². The Morgan fingerprint density at radius 2 is 1.82 bits per heavy atom. The van der Waals surface area contributed by atoms with Gasteiger partial charge in [-0.3, -0.25) is 14.9 Å². The maximum atomic E-state index is 13.7. The van der Waals surface area contributed by atoms with Crippen molar-refractivity contribution in [1.29, 1.82) is 0 Å². The number of carbonyl (C=O) groups excluding carboxylic acids is 1. The number of likely N-dealkylation sites (N-methyl/N-ethyl adjacent to an activating group) is 1. The lowest BCUT2D eigenvalue weighted by Crippen LogP contribution is -2.42. The number of rotatable bonds is 8. The molecule has 0 saturated carbocycles. The van der Waals surface area contributed by atoms with Crippen LogP contribution < -0.4 is 0 Å². The predicted molar refractivity (Wildman–Crippen MR) is 138 cm³/mol. The Morgan fingerprint density at radius 3 is 2.47 bits per heavy atom. The molecule has 0 fully saturated rings. The van der Waals surface area contributed by atoms with Gasteiger partial charge in [0.25, 0.3) is 11.6 Å². The molecule has 1 atom stereocenters. The number of non-ortho nitro benzene ring substituents is 1. The fraction of sp³-hybridized carbons (Fsp3) is 0.423. The quantitative estimate of drug-likeness (QED) is 0.330. The van der Waals surface area contributed by atoms with Crippen molar-refractivity contribution >= 4 is 34.9 Å². The molecule has 1 unspecified atom stereocenters. The maximum Gasteiger partial charge on any atom is 0.269 e. The van der Waals surface area contributed by atoms with Crippen LogP contribution in [-0.4, -0.2) is 51.8 Å². The van der Waals surface area contributed by atoms with E-state index < -0.39 is 4.92 Å². The molecule has 182 valence electrons. The minimum atomic E-state index is -0.438. The molecule has 0 aliphatic heterocycles. The summed E-state index contributed by atoms with van der Waals surface area (Å²) in [6, 6.07) is 12.4. The zero-order valence-electron chi connectivity index (χ0n) is 20.0. The number of benzene rings is 2. The summed E-state index contributed by atoms with van der Waals surface area (Å²) >= 11 is 0. The van der Waals surface area contributed by atoms with Crippen LogP contribution in [0.2, 0.25) is 0 Å². The number of hydrogen-bond acceptors (Lipinski definition) is 4. The van der Waals surface area contributed by atoms with Gasteiger partial charge in [-0.15, -0.1) is 12.4 Å². The highest BCUT2D eigenvalue weighted by molar-refractivity contribution is 5.95. The minimum absolute atomic E-state index is 0. The second-order valence-corrected chi connectivity index (χ2v) is 8.80. The number of nitro benzene ring substituents is 1. The van der Waals surface area contributed by atoms with Crippen molar-refractivity contribution in [1.82, 2.24) is 14.8 Å². The first-order valence-corrected chi connectivity index (χ1v) is 11.8. The van der Waals surface area contributed by atoms with Crippen LogP contribution in [0.25, 0.3) is 10.9 Å². The van der Waals surface area contributed by atoms with Gasteiger partial charge in [-0.2, -0.15) is 0 Å². The van der Waals surface area contributed by atoms with Gasteiger partial charge in [0.2, 0.25) is 0 Å². The third kappa shape index (κ3) is 5.10. The smallest absolute Gasteiger partial charge is 0.269 e. The van der Waals surface area contributed by atoms with Gasteiger partial charge in [0, 0.05) is 47.4 Å². The first-order chi connectivity index (χ1) is 15.9. The summed E-state index contributed by atoms with van der Waals surface area (Å²) in [6.45, 7) is 9.62. The van der Waals surface area contributed by atoms with E-state index in [0.29, 0.717) is 12.1 Å². The average molecular weight is 485 g/mol. The van der Waals surface area contributed by atoms with Gasteiger partial charge in [0.15, 0.2) is 0 Å². The van der Waals surface area contributed by atoms with E-state index in [9.17, 15) is 14.9 Å². The van der Waals surface area contributed by atoms with Crippen LogP contribution in [0.3, 0.4) is 0 Å². The number of fused-ring (bicyclic) bond motifs is 3. The summed E-state index contributed by atoms with van der Waals surface area (Å²) in [5.74, 6) is -0.0789. The van der Waals surface area contributed by atoms with E-state index in [0.717, 1.165) is 50.1 Å². The van der Waals surface area contributed by atoms with Crippen LogP contribution in [0.4, 0.5) is 5.69 Å². The van der Waals surface area contributed by atoms with Gasteiger partial charge in [-0.05, 0) is 69.1 Å². The Morgan fingerprint density at radius 1 is 1.12 bits per heavy atom. The summed E-state index contributed by atoms with van der Waals surface area (Å²) < 4.78 is 0. The number of aryl methyl sites for hydroxylation is 2. The topological polar surface area (TPSA) is 82.5 Å². The van der Waals surface area contributed by atoms with Gasteiger partial charge < -0.3 is 14.8 Å². The molecule has 8 heteroatoms. The molecule has 1 aliphatic rings. The number of aromatic nitrogens is 1. The van der Waals surface area contributed by atoms with E-state index in [1.54, 1.807) is 12.1 Å². The van der Waals surface area contributed by atoms with Crippen molar-refractivity contribution in [3.8, 4) is 0 Å². The zero-order chi connectivity index (χ0) is 23.5. The monoisotopic (exact) mass is 484 g/mol. The van der Waals surface area contributed by atoms with Gasteiger partial charge in [-0.25, -0.2) is 0 Å². The molecule has 1 aromatic heterocycles. The molecule has 1 N–H and O–H groups in total. The summed E-state index contributed by atoms with van der Waals surface area (Å²) in [6.07, 6.45) is 2.93. The molecular weight excluding hydrogens is 452 g/mol. The Hall–Kier alpha value is -2.90. The molecule has 1 aliphatic carbocycles. The SMILES string of the molecule is CCN(CC)CCN(C(=O)c1ccc([N+](=O)[O-])cc1)C1CCCc2c1[nH]c1ccc(C)cc21.Cl. The molecule has 7 nitrogen and oxygen atoms in total. The van der Waals surface area contributed by atoms with Gasteiger partial charge >= 0.3 is 0 Å². The molecule has 4 rings (SSSR count). The van der Waals surface area contributed by atoms with E-state index in [1.165, 1.54) is 28.6 Å². The Bertz CT molecular complexity index is 1150. The Kier molecular flexibility index (Phi) is 8.33. The largest absolute Gasteiger partial charge is 0.356 e. The number of H-pyrrole nitrogens is 1. The summed E-state index contributed by atoms with van der Waals surface area (Å²) in [5, 5.41) is 12.3. The first-order valence-electron chi connectivity index (χ1n) is 11.8. The number of aromatic amines is 1. The van der Waals surface area contributed by atoms with Crippen molar-refractivity contribution in [3.05, 3.63) is 75.0 Å².